The third-order valence-electron chi connectivity index (χ3n) is 3.53. The number of hydrogen-bond acceptors (Lipinski definition) is 4. The molecule has 0 spiro atoms. The van der Waals surface area contributed by atoms with Crippen LogP contribution in [0.5, 0.6) is 0 Å². The van der Waals surface area contributed by atoms with Crippen LogP contribution in [-0.2, 0) is 4.79 Å². The first-order chi connectivity index (χ1) is 11.0. The van der Waals surface area contributed by atoms with Gasteiger partial charge in [0.05, 0.1) is 5.97 Å². The molecule has 2 aromatic rings. The van der Waals surface area contributed by atoms with Crippen LogP contribution in [0.2, 0.25) is 0 Å². The average Bonchev–Trinajstić information content (AvgIpc) is 3.09. The Bertz CT molecular complexity index is 833. The molecule has 0 unspecified atom stereocenters. The summed E-state index contributed by atoms with van der Waals surface area (Å²) in [5.74, 6) is -1.65. The van der Waals surface area contributed by atoms with Crippen molar-refractivity contribution in [3.63, 3.8) is 0 Å². The van der Waals surface area contributed by atoms with E-state index in [9.17, 15) is 19.5 Å². The van der Waals surface area contributed by atoms with Crippen LogP contribution in [0.4, 0.5) is 4.79 Å². The number of aromatic carboxylic acids is 1. The van der Waals surface area contributed by atoms with E-state index in [-0.39, 0.29) is 11.3 Å². The second kappa shape index (κ2) is 5.45. The molecule has 0 saturated carbocycles. The zero-order chi connectivity index (χ0) is 16.6. The van der Waals surface area contributed by atoms with Crippen LogP contribution < -0.4 is 10.4 Å². The lowest BCUT2D eigenvalue weighted by molar-refractivity contribution is -0.255. The van der Waals surface area contributed by atoms with Crippen LogP contribution in [-0.4, -0.2) is 34.4 Å². The van der Waals surface area contributed by atoms with Gasteiger partial charge in [0, 0.05) is 24.6 Å². The summed E-state index contributed by atoms with van der Waals surface area (Å²) in [6.07, 6.45) is 3.34. The smallest absolute Gasteiger partial charge is 0.328 e. The number of amides is 3. The molecule has 0 atom stereocenters. The zero-order valence-electron chi connectivity index (χ0n) is 12.1. The molecule has 1 aromatic carbocycles. The van der Waals surface area contributed by atoms with Gasteiger partial charge in [-0.05, 0) is 35.9 Å². The number of carboxylic acids is 1. The van der Waals surface area contributed by atoms with Crippen molar-refractivity contribution in [3.8, 4) is 5.69 Å². The summed E-state index contributed by atoms with van der Waals surface area (Å²) in [7, 11) is 1.40. The topological polar surface area (TPSA) is 94.5 Å². The normalized spacial score (nSPS) is 16.0. The molecule has 3 rings (SSSR count). The van der Waals surface area contributed by atoms with Crippen LogP contribution in [0.25, 0.3) is 11.8 Å². The predicted octanol–water partition coefficient (Wildman–Crippen LogP) is 0.363. The molecule has 3 amide bonds. The predicted molar refractivity (Wildman–Crippen MR) is 79.4 cm³/mol. The molecule has 7 heteroatoms. The number of imide groups is 1. The third kappa shape index (κ3) is 2.59. The first-order valence-electron chi connectivity index (χ1n) is 6.77. The number of carbonyl (C=O) groups is 3. The Kier molecular flexibility index (Phi) is 3.46. The van der Waals surface area contributed by atoms with Crippen molar-refractivity contribution in [3.05, 3.63) is 59.5 Å². The van der Waals surface area contributed by atoms with E-state index in [0.29, 0.717) is 5.69 Å². The van der Waals surface area contributed by atoms with Gasteiger partial charge < -0.3 is 19.8 Å². The number of nitrogens with zero attached hydrogens (tertiary/aromatic N) is 2. The molecule has 0 aliphatic carbocycles. The highest BCUT2D eigenvalue weighted by Gasteiger charge is 2.30. The Morgan fingerprint density at radius 2 is 1.87 bits per heavy atom. The Morgan fingerprint density at radius 1 is 1.17 bits per heavy atom. The Morgan fingerprint density at radius 3 is 2.43 bits per heavy atom. The quantitative estimate of drug-likeness (QED) is 0.654. The maximum atomic E-state index is 11.9. The van der Waals surface area contributed by atoms with E-state index in [1.165, 1.54) is 19.2 Å². The summed E-state index contributed by atoms with van der Waals surface area (Å²) >= 11 is 0. The molecular formula is C16H12N3O4-. The Hall–Kier alpha value is -3.35. The standard InChI is InChI=1S/C16H13N3O4/c1-18-14(20)13(17-16(18)23)9-12-3-2-8-19(12)11-6-4-10(5-7-11)15(21)22/h2-9H,1H3,(H,17,23)(H,21,22)/p-1/b13-9+. The van der Waals surface area contributed by atoms with Gasteiger partial charge in [0.2, 0.25) is 0 Å². The maximum Gasteiger partial charge on any atom is 0.328 e. The summed E-state index contributed by atoms with van der Waals surface area (Å²) in [6, 6.07) is 9.23. The lowest BCUT2D eigenvalue weighted by Gasteiger charge is -2.09. The van der Waals surface area contributed by atoms with Crippen molar-refractivity contribution in [1.82, 2.24) is 14.8 Å². The first kappa shape index (κ1) is 14.6. The molecule has 1 N–H and O–H groups in total. The summed E-state index contributed by atoms with van der Waals surface area (Å²) in [6.45, 7) is 0. The van der Waals surface area contributed by atoms with Gasteiger partial charge in [-0.2, -0.15) is 0 Å². The number of urea groups is 1. The molecule has 2 heterocycles. The summed E-state index contributed by atoms with van der Waals surface area (Å²) < 4.78 is 1.77. The molecule has 7 nitrogen and oxygen atoms in total. The highest BCUT2D eigenvalue weighted by molar-refractivity contribution is 6.13. The van der Waals surface area contributed by atoms with Crippen LogP contribution in [0.1, 0.15) is 16.1 Å². The number of benzene rings is 1. The van der Waals surface area contributed by atoms with Crippen LogP contribution >= 0.6 is 0 Å². The van der Waals surface area contributed by atoms with Crippen molar-refractivity contribution in [1.29, 1.82) is 0 Å². The van der Waals surface area contributed by atoms with Crippen molar-refractivity contribution < 1.29 is 19.5 Å². The van der Waals surface area contributed by atoms with Crippen molar-refractivity contribution in [2.75, 3.05) is 7.05 Å². The molecule has 1 aromatic heterocycles. The Labute approximate surface area is 131 Å². The molecule has 1 aliphatic heterocycles. The van der Waals surface area contributed by atoms with Crippen molar-refractivity contribution >= 4 is 24.0 Å². The van der Waals surface area contributed by atoms with E-state index in [0.717, 1.165) is 10.6 Å². The molecule has 23 heavy (non-hydrogen) atoms. The first-order valence-corrected chi connectivity index (χ1v) is 6.77. The number of nitrogens with one attached hydrogen (secondary N) is 1. The van der Waals surface area contributed by atoms with Gasteiger partial charge in [-0.25, -0.2) is 4.79 Å². The maximum absolute atomic E-state index is 11.9. The van der Waals surface area contributed by atoms with Gasteiger partial charge in [-0.1, -0.05) is 12.1 Å². The van der Waals surface area contributed by atoms with Gasteiger partial charge in [0.25, 0.3) is 5.91 Å². The van der Waals surface area contributed by atoms with E-state index < -0.39 is 17.9 Å². The second-order valence-corrected chi connectivity index (χ2v) is 4.99. The minimum atomic E-state index is -1.24. The fourth-order valence-corrected chi connectivity index (χ4v) is 2.28. The van der Waals surface area contributed by atoms with E-state index in [2.05, 4.69) is 5.32 Å². The van der Waals surface area contributed by atoms with E-state index in [4.69, 9.17) is 0 Å². The van der Waals surface area contributed by atoms with Crippen LogP contribution in [0.3, 0.4) is 0 Å². The number of likely N-dealkylation sites (N-methyl/N-ethyl adjacent to an activating group) is 1. The van der Waals surface area contributed by atoms with Crippen LogP contribution in [0.15, 0.2) is 48.3 Å². The molecule has 1 fully saturated rings. The monoisotopic (exact) mass is 310 g/mol. The highest BCUT2D eigenvalue weighted by atomic mass is 16.4. The van der Waals surface area contributed by atoms with Gasteiger partial charge in [-0.3, -0.25) is 9.69 Å². The second-order valence-electron chi connectivity index (χ2n) is 4.99. The lowest BCUT2D eigenvalue weighted by Crippen LogP contribution is -2.25. The number of carbonyl (C=O) groups excluding carboxylic acids is 3. The van der Waals surface area contributed by atoms with Crippen LogP contribution in [0, 0.1) is 0 Å². The lowest BCUT2D eigenvalue weighted by atomic mass is 10.2. The molecular weight excluding hydrogens is 298 g/mol. The van der Waals surface area contributed by atoms with E-state index in [1.807, 2.05) is 0 Å². The van der Waals surface area contributed by atoms with E-state index in [1.54, 1.807) is 41.1 Å². The third-order valence-corrected chi connectivity index (χ3v) is 3.53. The Balaban J connectivity index is 1.96. The van der Waals surface area contributed by atoms with Gasteiger partial charge in [-0.15, -0.1) is 0 Å². The number of rotatable bonds is 3. The molecule has 0 bridgehead atoms. The van der Waals surface area contributed by atoms with Gasteiger partial charge in [0.1, 0.15) is 5.70 Å². The van der Waals surface area contributed by atoms with Gasteiger partial charge in [0.15, 0.2) is 0 Å². The highest BCUT2D eigenvalue weighted by Crippen LogP contribution is 2.18. The summed E-state index contributed by atoms with van der Waals surface area (Å²) in [4.78, 5) is 35.1. The SMILES string of the molecule is CN1C(=O)N/C(=C/c2cccn2-c2ccc(C(=O)[O-])cc2)C1=O. The van der Waals surface area contributed by atoms with Crippen molar-refractivity contribution in [2.45, 2.75) is 0 Å². The number of aromatic nitrogens is 1. The number of hydrogen-bond donors (Lipinski definition) is 1. The molecule has 0 radical (unpaired) electrons. The molecule has 1 saturated heterocycles. The van der Waals surface area contributed by atoms with Crippen molar-refractivity contribution in [2.24, 2.45) is 0 Å². The average molecular weight is 310 g/mol. The summed E-state index contributed by atoms with van der Waals surface area (Å²) in [5, 5.41) is 13.3. The fourth-order valence-electron chi connectivity index (χ4n) is 2.28. The van der Waals surface area contributed by atoms with E-state index >= 15 is 0 Å². The minimum absolute atomic E-state index is 0.0840. The zero-order valence-corrected chi connectivity index (χ0v) is 12.1. The largest absolute Gasteiger partial charge is 0.545 e. The molecule has 116 valence electrons. The minimum Gasteiger partial charge on any atom is -0.545 e. The molecule has 1 aliphatic rings. The summed E-state index contributed by atoms with van der Waals surface area (Å²) in [5.41, 5.74) is 1.66. The van der Waals surface area contributed by atoms with Gasteiger partial charge >= 0.3 is 6.03 Å². The number of carboxylic acid groups (broad SMARTS) is 1. The fraction of sp³-hybridized carbons (Fsp3) is 0.0625.